The molecule has 5 aromatic rings. The van der Waals surface area contributed by atoms with E-state index >= 15 is 67.1 Å². The number of imide groups is 1. The molecule has 0 bridgehead atoms. The lowest BCUT2D eigenvalue weighted by atomic mass is 9.94. The summed E-state index contributed by atoms with van der Waals surface area (Å²) in [4.78, 5) is 303. The predicted octanol–water partition coefficient (Wildman–Crippen LogP) is -7.04. The molecule has 2 aromatic heterocycles. The third-order valence-corrected chi connectivity index (χ3v) is 30.7. The lowest BCUT2D eigenvalue weighted by Crippen LogP contribution is -3.00. The van der Waals surface area contributed by atoms with Crippen molar-refractivity contribution in [1.29, 1.82) is 0 Å². The number of hydrogen-bond donors (Lipinski definition) is 0. The maximum absolute atomic E-state index is 15.3. The van der Waals surface area contributed by atoms with Gasteiger partial charge in [-0.2, -0.15) is 0 Å². The monoisotopic (exact) mass is 1960 g/mol. The molecule has 27 rings (SSSR count). The summed E-state index contributed by atoms with van der Waals surface area (Å²) in [5, 5.41) is 1.69. The first kappa shape index (κ1) is 81.1. The van der Waals surface area contributed by atoms with Gasteiger partial charge in [0.1, 0.15) is 99.9 Å². The molecule has 134 heavy (non-hydrogen) atoms. The largest absolute Gasteiger partial charge is 1.00 e. The molecule has 21 fully saturated rings. The highest BCUT2D eigenvalue weighted by molar-refractivity contribution is 6.25. The van der Waals surface area contributed by atoms with Gasteiger partial charge in [0.05, 0.1) is 25.3 Å². The molecule has 3 aromatic carbocycles. The first-order chi connectivity index (χ1) is 63.9. The minimum atomic E-state index is -1.23. The van der Waals surface area contributed by atoms with Crippen LogP contribution < -0.4 is 43.1 Å². The van der Waals surface area contributed by atoms with E-state index in [1.807, 2.05) is 65.5 Å². The Bertz CT molecular complexity index is 5210. The summed E-state index contributed by atoms with van der Waals surface area (Å²) in [7, 11) is 2.61. The second-order valence-electron chi connectivity index (χ2n) is 36.8. The number of esters is 2. The maximum atomic E-state index is 15.3. The van der Waals surface area contributed by atoms with Gasteiger partial charge in [0.25, 0.3) is 11.8 Å². The van der Waals surface area contributed by atoms with E-state index in [-0.39, 0.29) is 45.8 Å². The average molecular weight is 1970 g/mol. The standard InChI is InChI=1S/C42H42N28O14.C39H37N3O6.2BrH/c71-29-43-1-44-16-18-48(30(44)72)4-52-20-22-56(34(52)76)8-60-24-26-64(38(60)80)12-68-28-27-67(41(68)83)11-63-25-23-59(37(63)79)7-55-21-19-51(33(55)75)3-47(29)17-15(43)45-2-46(16)32(74)50(18)6-54(20)36(78)58(22)10-62(24)40(82)66(26)14-70(28)42(84)69(27)13-65(25)39(81)61(23)9-57(21)35(77)53(19)5-49(17)31(45)73;1-47-38(45)31-23-27(24-32(25-31)39(46)48-2)26-41-21-15-29(16-22-41)28-13-19-40(20-14-28)17-5-3-4-6-18-42-36(43)33-11-7-9-30-10-8-12-34(35(30)33)37(42)44;;/h15-28H,1-14H2;7-16,19-25H,3-6,17-18,26H2,1-2H3;2*1H/q;+2;;/p-2. The van der Waals surface area contributed by atoms with Gasteiger partial charge in [-0.3, -0.25) is 152 Å². The Morgan fingerprint density at radius 2 is 0.500 bits per heavy atom. The van der Waals surface area contributed by atoms with Crippen LogP contribution in [0.25, 0.3) is 21.9 Å². The average Bonchev–Trinajstić information content (AvgIpc) is 1.51. The molecular weight excluding hydrogens is 1890 g/mol. The number of amides is 30. The van der Waals surface area contributed by atoms with Crippen molar-refractivity contribution in [1.82, 2.24) is 142 Å². The van der Waals surface area contributed by atoms with Gasteiger partial charge in [-0.15, -0.1) is 0 Å². The van der Waals surface area contributed by atoms with Gasteiger partial charge < -0.3 is 43.4 Å². The Morgan fingerprint density at radius 3 is 0.724 bits per heavy atom. The van der Waals surface area contributed by atoms with E-state index in [2.05, 4.69) is 29.1 Å². The van der Waals surface area contributed by atoms with Crippen molar-refractivity contribution in [3.63, 3.8) is 0 Å². The fourth-order valence-electron chi connectivity index (χ4n) is 24.9. The minimum Gasteiger partial charge on any atom is -1.00 e. The van der Waals surface area contributed by atoms with Crippen LogP contribution in [0.15, 0.2) is 104 Å². The molecule has 24 heterocycles. The molecule has 0 radical (unpaired) electrons. The van der Waals surface area contributed by atoms with Crippen molar-refractivity contribution in [3.05, 3.63) is 131 Å². The van der Waals surface area contributed by atoms with Crippen molar-refractivity contribution in [3.8, 4) is 11.1 Å². The van der Waals surface area contributed by atoms with E-state index in [0.29, 0.717) is 35.3 Å². The maximum Gasteiger partial charge on any atom is 0.337 e. The number of hydrogen-bond acceptors (Lipinski definition) is 20. The van der Waals surface area contributed by atoms with E-state index in [1.165, 1.54) is 162 Å². The molecular formula is C81H79Br2N31O20. The molecule has 22 aliphatic rings. The minimum absolute atomic E-state index is 0. The SMILES string of the molecule is COC(=O)c1cc(C[n+]2ccc(-c3cc[n+](CCCCCCN4C(=O)c5cccc6cccc(c56)C4=O)cc3)cc2)cc(C(=O)OC)c1.O=C1N2CN3C(=O)N4CN5C(=O)N6CN7C(=O)N8CN9C(=O)N%10CN%11C(=O)N%12CN%13C(=O)N%14CN1C1C2N2CN%15C(=O)N(CN%16C(=O)N(CN%17C(=O)N(CN%18C(=O)N(CN%19C(=O)N(CN%20C(=O)N(CN1C2=O)C%14C%13%20)C%12C%11%19)C%10C9%18)C8C7%17)C6C5%16)C4C3%15.[Br-].[Br-]. The highest BCUT2D eigenvalue weighted by atomic mass is 79.9. The van der Waals surface area contributed by atoms with Crippen LogP contribution in [0.3, 0.4) is 0 Å². The Balaban J connectivity index is 0.000000165. The number of urea groups is 14. The summed E-state index contributed by atoms with van der Waals surface area (Å²) in [5.74, 6) is -1.44. The Kier molecular flexibility index (Phi) is 16.8. The number of nitrogens with zero attached hydrogens (tertiary/aromatic N) is 31. The van der Waals surface area contributed by atoms with Crippen LogP contribution in [-0.4, -0.2) is 451 Å². The van der Waals surface area contributed by atoms with Crippen LogP contribution in [0, 0.1) is 0 Å². The fourth-order valence-corrected chi connectivity index (χ4v) is 24.9. The van der Waals surface area contributed by atoms with E-state index in [4.69, 9.17) is 9.47 Å². The van der Waals surface area contributed by atoms with Gasteiger partial charge in [0.15, 0.2) is 118 Å². The zero-order valence-electron chi connectivity index (χ0n) is 71.0. The van der Waals surface area contributed by atoms with Crippen LogP contribution >= 0.6 is 0 Å². The van der Waals surface area contributed by atoms with Crippen LogP contribution in [0.2, 0.25) is 0 Å². The molecule has 0 atom stereocenters. The van der Waals surface area contributed by atoms with Gasteiger partial charge in [0, 0.05) is 59.3 Å². The number of carbonyl (C=O) groups excluding carboxylic acids is 18. The number of methoxy groups -OCH3 is 2. The molecule has 30 amide bonds. The van der Waals surface area contributed by atoms with Crippen molar-refractivity contribution in [2.75, 3.05) is 114 Å². The zero-order chi connectivity index (χ0) is 89.9. The van der Waals surface area contributed by atoms with Crippen LogP contribution in [-0.2, 0) is 22.6 Å². The lowest BCUT2D eigenvalue weighted by molar-refractivity contribution is -0.697. The number of aryl methyl sites for hydroxylation is 1. The summed E-state index contributed by atoms with van der Waals surface area (Å²) in [6.45, 7) is -5.33. The number of aromatic nitrogens is 2. The summed E-state index contributed by atoms with van der Waals surface area (Å²) in [5.41, 5.74) is 4.73. The first-order valence-corrected chi connectivity index (χ1v) is 43.6. The van der Waals surface area contributed by atoms with E-state index in [1.54, 1.807) is 12.1 Å². The van der Waals surface area contributed by atoms with Gasteiger partial charge in [0.2, 0.25) is 0 Å². The molecule has 22 aliphatic heterocycles. The Morgan fingerprint density at radius 1 is 0.284 bits per heavy atom. The number of unbranched alkanes of at least 4 members (excludes halogenated alkanes) is 3. The Labute approximate surface area is 777 Å². The predicted molar refractivity (Wildman–Crippen MR) is 426 cm³/mol. The van der Waals surface area contributed by atoms with Crippen LogP contribution in [0.4, 0.5) is 67.1 Å². The zero-order valence-corrected chi connectivity index (χ0v) is 74.2. The smallest absolute Gasteiger partial charge is 0.337 e. The molecule has 51 nitrogen and oxygen atoms in total. The fraction of sp³-hybridized carbons (Fsp3) is 0.457. The van der Waals surface area contributed by atoms with Crippen molar-refractivity contribution in [2.45, 2.75) is 125 Å². The molecule has 0 spiro atoms. The number of ether oxygens (including phenoxy) is 2. The number of carbonyl (C=O) groups is 18. The van der Waals surface area contributed by atoms with Gasteiger partial charge in [-0.05, 0) is 59.7 Å². The van der Waals surface area contributed by atoms with Crippen LogP contribution in [0.1, 0.15) is 72.7 Å². The normalized spacial score (nSPS) is 29.7. The highest BCUT2D eigenvalue weighted by Crippen LogP contribution is 2.53. The number of benzene rings is 3. The van der Waals surface area contributed by atoms with Gasteiger partial charge >= 0.3 is 96.4 Å². The lowest BCUT2D eigenvalue weighted by Gasteiger charge is -2.42. The quantitative estimate of drug-likeness (QED) is 0.0485. The molecule has 21 saturated heterocycles. The third kappa shape index (κ3) is 10.2. The van der Waals surface area contributed by atoms with Crippen molar-refractivity contribution in [2.24, 2.45) is 0 Å². The second-order valence-corrected chi connectivity index (χ2v) is 36.8. The highest BCUT2D eigenvalue weighted by Gasteiger charge is 2.77. The number of halogens is 2. The number of pyridine rings is 2. The molecule has 0 N–H and O–H groups in total. The van der Waals surface area contributed by atoms with Crippen molar-refractivity contribution >= 4 is 119 Å². The number of rotatable bonds is 12. The van der Waals surface area contributed by atoms with Crippen LogP contribution in [0.5, 0.6) is 0 Å². The summed E-state index contributed by atoms with van der Waals surface area (Å²) >= 11 is 0. The van der Waals surface area contributed by atoms with E-state index in [0.717, 1.165) is 59.7 Å². The van der Waals surface area contributed by atoms with Crippen molar-refractivity contribution < 1.29 is 139 Å². The summed E-state index contributed by atoms with van der Waals surface area (Å²) in [6.07, 6.45) is -5.42. The molecule has 0 unspecified atom stereocenters. The summed E-state index contributed by atoms with van der Waals surface area (Å²) < 4.78 is 13.8. The van der Waals surface area contributed by atoms with Gasteiger partial charge in [-0.1, -0.05) is 30.7 Å². The molecule has 0 saturated carbocycles. The second kappa shape index (κ2) is 27.8. The van der Waals surface area contributed by atoms with Gasteiger partial charge in [-0.25, -0.2) is 85.8 Å². The summed E-state index contributed by atoms with van der Waals surface area (Å²) in [6, 6.07) is 14.4. The third-order valence-electron chi connectivity index (χ3n) is 30.7. The molecule has 692 valence electrons. The Hall–Kier alpha value is -15.0. The molecule has 53 heteroatoms. The van der Waals surface area contributed by atoms with E-state index < -0.39 is 276 Å². The van der Waals surface area contributed by atoms with E-state index in [9.17, 15) is 19.2 Å². The first-order valence-electron chi connectivity index (χ1n) is 43.6. The molecule has 0 aliphatic carbocycles. The topological polar surface area (TPSA) is 427 Å².